The third kappa shape index (κ3) is 3.30. The van der Waals surface area contributed by atoms with Gasteiger partial charge in [-0.3, -0.25) is 4.79 Å². The third-order valence-corrected chi connectivity index (χ3v) is 3.93. The SMILES string of the molecule is CC(C)c1cc(C(=O)c2cc(F)c(F)cc2F)cc(C(C)C)c1O. The Morgan fingerprint density at radius 3 is 1.75 bits per heavy atom. The molecule has 0 aromatic heterocycles. The molecule has 0 spiro atoms. The van der Waals surface area contributed by atoms with Crippen LogP contribution in [0.1, 0.15) is 66.6 Å². The molecule has 2 aromatic rings. The number of carbonyl (C=O) groups is 1. The normalized spacial score (nSPS) is 11.4. The van der Waals surface area contributed by atoms with Crippen molar-refractivity contribution in [1.29, 1.82) is 0 Å². The van der Waals surface area contributed by atoms with Crippen LogP contribution in [-0.2, 0) is 0 Å². The molecule has 0 unspecified atom stereocenters. The zero-order valence-electron chi connectivity index (χ0n) is 14.0. The summed E-state index contributed by atoms with van der Waals surface area (Å²) in [5, 5.41) is 10.3. The second-order valence-electron chi connectivity index (χ2n) is 6.39. The van der Waals surface area contributed by atoms with Gasteiger partial charge in [0, 0.05) is 11.6 Å². The van der Waals surface area contributed by atoms with Crippen molar-refractivity contribution in [2.24, 2.45) is 0 Å². The molecular weight excluding hydrogens is 317 g/mol. The summed E-state index contributed by atoms with van der Waals surface area (Å²) in [6, 6.07) is 3.85. The van der Waals surface area contributed by atoms with Crippen LogP contribution in [0.3, 0.4) is 0 Å². The highest BCUT2D eigenvalue weighted by Gasteiger charge is 2.22. The fraction of sp³-hybridized carbons (Fsp3) is 0.316. The molecule has 2 nitrogen and oxygen atoms in total. The van der Waals surface area contributed by atoms with E-state index < -0.39 is 28.8 Å². The second-order valence-corrected chi connectivity index (χ2v) is 6.39. The van der Waals surface area contributed by atoms with Gasteiger partial charge in [-0.2, -0.15) is 0 Å². The molecule has 0 heterocycles. The molecule has 1 N–H and O–H groups in total. The molecule has 2 aromatic carbocycles. The Labute approximate surface area is 138 Å². The van der Waals surface area contributed by atoms with Crippen molar-refractivity contribution < 1.29 is 23.1 Å². The molecule has 0 aliphatic carbocycles. The monoisotopic (exact) mass is 336 g/mol. The van der Waals surface area contributed by atoms with Crippen LogP contribution < -0.4 is 0 Å². The Bertz CT molecular complexity index is 766. The number of phenolic OH excluding ortho intramolecular Hbond substituents is 1. The lowest BCUT2D eigenvalue weighted by molar-refractivity contribution is 0.103. The molecule has 24 heavy (non-hydrogen) atoms. The van der Waals surface area contributed by atoms with E-state index in [1.807, 2.05) is 27.7 Å². The predicted molar refractivity (Wildman–Crippen MR) is 86.0 cm³/mol. The van der Waals surface area contributed by atoms with Gasteiger partial charge in [0.1, 0.15) is 11.6 Å². The van der Waals surface area contributed by atoms with Gasteiger partial charge >= 0.3 is 0 Å². The Balaban J connectivity index is 2.64. The molecule has 0 saturated carbocycles. The van der Waals surface area contributed by atoms with E-state index >= 15 is 0 Å². The average Bonchev–Trinajstić information content (AvgIpc) is 2.49. The Morgan fingerprint density at radius 1 is 0.833 bits per heavy atom. The highest BCUT2D eigenvalue weighted by atomic mass is 19.2. The van der Waals surface area contributed by atoms with Gasteiger partial charge in [0.25, 0.3) is 0 Å². The van der Waals surface area contributed by atoms with Crippen molar-refractivity contribution in [1.82, 2.24) is 0 Å². The summed E-state index contributed by atoms with van der Waals surface area (Å²) in [7, 11) is 0. The smallest absolute Gasteiger partial charge is 0.196 e. The maximum Gasteiger partial charge on any atom is 0.196 e. The predicted octanol–water partition coefficient (Wildman–Crippen LogP) is 5.29. The number of phenols is 1. The van der Waals surface area contributed by atoms with Crippen molar-refractivity contribution in [2.45, 2.75) is 39.5 Å². The van der Waals surface area contributed by atoms with Crippen molar-refractivity contribution in [3.63, 3.8) is 0 Å². The number of aromatic hydroxyl groups is 1. The number of benzene rings is 2. The van der Waals surface area contributed by atoms with Crippen LogP contribution in [0.25, 0.3) is 0 Å². The summed E-state index contributed by atoms with van der Waals surface area (Å²) in [5.41, 5.74) is 0.689. The summed E-state index contributed by atoms with van der Waals surface area (Å²) in [4.78, 5) is 12.6. The third-order valence-electron chi connectivity index (χ3n) is 3.93. The van der Waals surface area contributed by atoms with Gasteiger partial charge < -0.3 is 5.11 Å². The van der Waals surface area contributed by atoms with Gasteiger partial charge in [-0.1, -0.05) is 27.7 Å². The van der Waals surface area contributed by atoms with Gasteiger partial charge in [-0.05, 0) is 41.2 Å². The average molecular weight is 336 g/mol. The molecule has 128 valence electrons. The lowest BCUT2D eigenvalue weighted by atomic mass is 9.89. The number of hydrogen-bond donors (Lipinski definition) is 1. The molecule has 2 rings (SSSR count). The van der Waals surface area contributed by atoms with Crippen molar-refractivity contribution in [3.05, 3.63) is 64.0 Å². The summed E-state index contributed by atoms with van der Waals surface area (Å²) in [5.74, 6) is -4.54. The first-order valence-electron chi connectivity index (χ1n) is 7.69. The molecular formula is C19H19F3O2. The summed E-state index contributed by atoms with van der Waals surface area (Å²) < 4.78 is 40.3. The maximum absolute atomic E-state index is 13.9. The number of ketones is 1. The Kier molecular flexibility index (Phi) is 5.02. The number of hydrogen-bond acceptors (Lipinski definition) is 2. The quantitative estimate of drug-likeness (QED) is 0.609. The van der Waals surface area contributed by atoms with Crippen molar-refractivity contribution >= 4 is 5.78 Å². The van der Waals surface area contributed by atoms with Gasteiger partial charge in [-0.15, -0.1) is 0 Å². The minimum atomic E-state index is -1.35. The first kappa shape index (κ1) is 18.0. The summed E-state index contributed by atoms with van der Waals surface area (Å²) in [6.07, 6.45) is 0. The van der Waals surface area contributed by atoms with Gasteiger partial charge in [0.15, 0.2) is 17.4 Å². The van der Waals surface area contributed by atoms with Gasteiger partial charge in [-0.25, -0.2) is 13.2 Å². The fourth-order valence-electron chi connectivity index (χ4n) is 2.54. The van der Waals surface area contributed by atoms with Crippen LogP contribution in [0, 0.1) is 17.5 Å². The van der Waals surface area contributed by atoms with E-state index in [4.69, 9.17) is 0 Å². The van der Waals surface area contributed by atoms with Crippen LogP contribution in [0.2, 0.25) is 0 Å². The van der Waals surface area contributed by atoms with Crippen molar-refractivity contribution in [2.75, 3.05) is 0 Å². The minimum Gasteiger partial charge on any atom is -0.507 e. The summed E-state index contributed by atoms with van der Waals surface area (Å²) >= 11 is 0. The van der Waals surface area contributed by atoms with Crippen LogP contribution >= 0.6 is 0 Å². The number of halogens is 3. The topological polar surface area (TPSA) is 37.3 Å². The van der Waals surface area contributed by atoms with Gasteiger partial charge in [0.2, 0.25) is 0 Å². The first-order chi connectivity index (χ1) is 11.1. The molecule has 0 aliphatic rings. The summed E-state index contributed by atoms with van der Waals surface area (Å²) in [6.45, 7) is 7.41. The van der Waals surface area contributed by atoms with Crippen LogP contribution in [0.4, 0.5) is 13.2 Å². The highest BCUT2D eigenvalue weighted by Crippen LogP contribution is 2.35. The lowest BCUT2D eigenvalue weighted by Gasteiger charge is -2.17. The molecule has 0 atom stereocenters. The highest BCUT2D eigenvalue weighted by molar-refractivity contribution is 6.09. The largest absolute Gasteiger partial charge is 0.507 e. The maximum atomic E-state index is 13.9. The molecule has 0 saturated heterocycles. The van der Waals surface area contributed by atoms with E-state index in [0.29, 0.717) is 23.3 Å². The minimum absolute atomic E-state index is 0.0648. The van der Waals surface area contributed by atoms with E-state index in [9.17, 15) is 23.1 Å². The molecule has 0 fully saturated rings. The fourth-order valence-corrected chi connectivity index (χ4v) is 2.54. The number of rotatable bonds is 4. The van der Waals surface area contributed by atoms with E-state index in [1.165, 1.54) is 12.1 Å². The van der Waals surface area contributed by atoms with Gasteiger partial charge in [0.05, 0.1) is 5.56 Å². The lowest BCUT2D eigenvalue weighted by Crippen LogP contribution is -2.09. The first-order valence-corrected chi connectivity index (χ1v) is 7.69. The van der Waals surface area contributed by atoms with E-state index in [2.05, 4.69) is 0 Å². The molecule has 0 aliphatic heterocycles. The molecule has 5 heteroatoms. The van der Waals surface area contributed by atoms with Crippen LogP contribution in [-0.4, -0.2) is 10.9 Å². The molecule has 0 amide bonds. The van der Waals surface area contributed by atoms with Crippen LogP contribution in [0.15, 0.2) is 24.3 Å². The van der Waals surface area contributed by atoms with E-state index in [1.54, 1.807) is 0 Å². The zero-order valence-corrected chi connectivity index (χ0v) is 14.0. The molecule has 0 radical (unpaired) electrons. The molecule has 0 bridgehead atoms. The standard InChI is InChI=1S/C19H19F3O2/c1-9(2)12-5-11(6-13(10(3)4)19(12)24)18(23)14-7-16(21)17(22)8-15(14)20/h5-10,24H,1-4H3. The Hall–Kier alpha value is -2.30. The second kappa shape index (κ2) is 6.67. The van der Waals surface area contributed by atoms with E-state index in [0.717, 1.165) is 0 Å². The number of carbonyl (C=O) groups excluding carboxylic acids is 1. The zero-order chi connectivity index (χ0) is 18.2. The Morgan fingerprint density at radius 2 is 1.29 bits per heavy atom. The van der Waals surface area contributed by atoms with Crippen molar-refractivity contribution in [3.8, 4) is 5.75 Å². The van der Waals surface area contributed by atoms with E-state index in [-0.39, 0.29) is 23.1 Å². The van der Waals surface area contributed by atoms with Crippen LogP contribution in [0.5, 0.6) is 5.75 Å².